The largest absolute Gasteiger partial charge is 0.324 e. The van der Waals surface area contributed by atoms with E-state index in [-0.39, 0.29) is 5.78 Å². The summed E-state index contributed by atoms with van der Waals surface area (Å²) in [5, 5.41) is 3.15. The maximum atomic E-state index is 11.9. The van der Waals surface area contributed by atoms with Gasteiger partial charge in [-0.15, -0.1) is 0 Å². The standard InChI is InChI=1S/C15H15N3O/c1-10-7-13-12(14(19)8-10)9-16-15(18-13)17-11-5-3-2-4-6-11/h2-6,9-10H,7-8H2,1H3,(H,16,17,18)/t10-/m0/s1. The van der Waals surface area contributed by atoms with Crippen molar-refractivity contribution in [1.82, 2.24) is 9.97 Å². The second-order valence-corrected chi connectivity index (χ2v) is 4.98. The van der Waals surface area contributed by atoms with E-state index in [2.05, 4.69) is 22.2 Å². The van der Waals surface area contributed by atoms with Gasteiger partial charge < -0.3 is 5.32 Å². The van der Waals surface area contributed by atoms with Gasteiger partial charge in [-0.2, -0.15) is 0 Å². The first-order valence-electron chi connectivity index (χ1n) is 6.43. The molecule has 4 nitrogen and oxygen atoms in total. The molecular formula is C15H15N3O. The zero-order chi connectivity index (χ0) is 13.2. The summed E-state index contributed by atoms with van der Waals surface area (Å²) < 4.78 is 0. The molecule has 4 heteroatoms. The van der Waals surface area contributed by atoms with Crippen LogP contribution in [0.1, 0.15) is 29.4 Å². The maximum absolute atomic E-state index is 11.9. The second kappa shape index (κ2) is 4.80. The number of carbonyl (C=O) groups is 1. The summed E-state index contributed by atoms with van der Waals surface area (Å²) >= 11 is 0. The van der Waals surface area contributed by atoms with Crippen molar-refractivity contribution in [3.63, 3.8) is 0 Å². The zero-order valence-corrected chi connectivity index (χ0v) is 10.8. The number of rotatable bonds is 2. The van der Waals surface area contributed by atoms with Gasteiger partial charge in [0, 0.05) is 18.3 Å². The van der Waals surface area contributed by atoms with E-state index in [9.17, 15) is 4.79 Å². The van der Waals surface area contributed by atoms with Crippen LogP contribution in [0.3, 0.4) is 0 Å². The summed E-state index contributed by atoms with van der Waals surface area (Å²) in [6.45, 7) is 2.08. The first-order valence-corrected chi connectivity index (χ1v) is 6.43. The summed E-state index contributed by atoms with van der Waals surface area (Å²) in [5.74, 6) is 1.06. The second-order valence-electron chi connectivity index (χ2n) is 4.98. The predicted molar refractivity (Wildman–Crippen MR) is 73.6 cm³/mol. The molecule has 0 unspecified atom stereocenters. The molecule has 0 spiro atoms. The molecule has 0 amide bonds. The number of Topliss-reactive ketones (excluding diaryl/α,β-unsaturated/α-hetero) is 1. The van der Waals surface area contributed by atoms with E-state index < -0.39 is 0 Å². The number of nitrogens with one attached hydrogen (secondary N) is 1. The molecule has 1 N–H and O–H groups in total. The molecule has 0 saturated carbocycles. The van der Waals surface area contributed by atoms with Crippen LogP contribution < -0.4 is 5.32 Å². The Labute approximate surface area is 111 Å². The van der Waals surface area contributed by atoms with E-state index in [0.29, 0.717) is 23.9 Å². The first-order chi connectivity index (χ1) is 9.22. The monoisotopic (exact) mass is 253 g/mol. The lowest BCUT2D eigenvalue weighted by atomic mass is 9.88. The van der Waals surface area contributed by atoms with Gasteiger partial charge in [-0.3, -0.25) is 4.79 Å². The van der Waals surface area contributed by atoms with Crippen molar-refractivity contribution < 1.29 is 4.79 Å². The summed E-state index contributed by atoms with van der Waals surface area (Å²) in [7, 11) is 0. The van der Waals surface area contributed by atoms with Crippen molar-refractivity contribution in [2.75, 3.05) is 5.32 Å². The van der Waals surface area contributed by atoms with Gasteiger partial charge in [0.1, 0.15) is 0 Å². The number of hydrogen-bond acceptors (Lipinski definition) is 4. The Kier molecular flexibility index (Phi) is 2.99. The van der Waals surface area contributed by atoms with Crippen LogP contribution in [0.2, 0.25) is 0 Å². The number of aromatic nitrogens is 2. The molecule has 2 aromatic rings. The molecule has 1 aromatic carbocycles. The smallest absolute Gasteiger partial charge is 0.227 e. The molecule has 0 aliphatic heterocycles. The number of carbonyl (C=O) groups excluding carboxylic acids is 1. The van der Waals surface area contributed by atoms with E-state index in [1.807, 2.05) is 30.3 Å². The number of nitrogens with zero attached hydrogens (tertiary/aromatic N) is 2. The lowest BCUT2D eigenvalue weighted by molar-refractivity contribution is 0.0951. The highest BCUT2D eigenvalue weighted by atomic mass is 16.1. The number of hydrogen-bond donors (Lipinski definition) is 1. The first kappa shape index (κ1) is 11.8. The topological polar surface area (TPSA) is 54.9 Å². The van der Waals surface area contributed by atoms with Crippen LogP contribution in [0.25, 0.3) is 0 Å². The van der Waals surface area contributed by atoms with Gasteiger partial charge in [-0.05, 0) is 24.5 Å². The van der Waals surface area contributed by atoms with Gasteiger partial charge in [0.2, 0.25) is 5.95 Å². The van der Waals surface area contributed by atoms with Crippen LogP contribution in [0.5, 0.6) is 0 Å². The Balaban J connectivity index is 1.89. The molecule has 1 aliphatic carbocycles. The van der Waals surface area contributed by atoms with Crippen LogP contribution in [0.15, 0.2) is 36.5 Å². The predicted octanol–water partition coefficient (Wildman–Crippen LogP) is 2.99. The number of ketones is 1. The Morgan fingerprint density at radius 1 is 1.21 bits per heavy atom. The van der Waals surface area contributed by atoms with Crippen LogP contribution >= 0.6 is 0 Å². The van der Waals surface area contributed by atoms with Gasteiger partial charge in [0.15, 0.2) is 5.78 Å². The molecule has 96 valence electrons. The van der Waals surface area contributed by atoms with Gasteiger partial charge >= 0.3 is 0 Å². The normalized spacial score (nSPS) is 17.9. The van der Waals surface area contributed by atoms with E-state index in [1.54, 1.807) is 6.20 Å². The quantitative estimate of drug-likeness (QED) is 0.894. The van der Waals surface area contributed by atoms with Crippen LogP contribution in [0.4, 0.5) is 11.6 Å². The van der Waals surface area contributed by atoms with Crippen molar-refractivity contribution in [2.45, 2.75) is 19.8 Å². The highest BCUT2D eigenvalue weighted by Crippen LogP contribution is 2.24. The maximum Gasteiger partial charge on any atom is 0.227 e. The Hall–Kier alpha value is -2.23. The average molecular weight is 253 g/mol. The summed E-state index contributed by atoms with van der Waals surface area (Å²) in [6.07, 6.45) is 3.08. The van der Waals surface area contributed by atoms with Gasteiger partial charge in [-0.1, -0.05) is 25.1 Å². The number of anilines is 2. The molecule has 0 radical (unpaired) electrons. The summed E-state index contributed by atoms with van der Waals surface area (Å²) in [5.41, 5.74) is 2.48. The fraction of sp³-hybridized carbons (Fsp3) is 0.267. The van der Waals surface area contributed by atoms with Crippen molar-refractivity contribution in [1.29, 1.82) is 0 Å². The molecule has 0 fully saturated rings. The third-order valence-corrected chi connectivity index (χ3v) is 3.27. The third-order valence-electron chi connectivity index (χ3n) is 3.27. The molecule has 19 heavy (non-hydrogen) atoms. The van der Waals surface area contributed by atoms with E-state index in [1.165, 1.54) is 0 Å². The van der Waals surface area contributed by atoms with Crippen LogP contribution in [-0.4, -0.2) is 15.8 Å². The molecule has 0 saturated heterocycles. The highest BCUT2D eigenvalue weighted by Gasteiger charge is 2.24. The third kappa shape index (κ3) is 2.47. The fourth-order valence-corrected chi connectivity index (χ4v) is 2.35. The van der Waals surface area contributed by atoms with Crippen LogP contribution in [0, 0.1) is 5.92 Å². The van der Waals surface area contributed by atoms with Crippen molar-refractivity contribution in [3.05, 3.63) is 47.8 Å². The molecule has 1 aliphatic rings. The molecule has 1 aromatic heterocycles. The summed E-state index contributed by atoms with van der Waals surface area (Å²) in [6, 6.07) is 9.77. The van der Waals surface area contributed by atoms with E-state index >= 15 is 0 Å². The van der Waals surface area contributed by atoms with Crippen molar-refractivity contribution in [3.8, 4) is 0 Å². The van der Waals surface area contributed by atoms with Gasteiger partial charge in [0.25, 0.3) is 0 Å². The molecule has 0 bridgehead atoms. The lowest BCUT2D eigenvalue weighted by Gasteiger charge is -2.19. The minimum absolute atomic E-state index is 0.153. The SMILES string of the molecule is C[C@@H]1CC(=O)c2cnc(Nc3ccccc3)nc2C1. The van der Waals surface area contributed by atoms with Gasteiger partial charge in [0.05, 0.1) is 11.3 Å². The minimum Gasteiger partial charge on any atom is -0.324 e. The van der Waals surface area contributed by atoms with E-state index in [4.69, 9.17) is 0 Å². The molecule has 3 rings (SSSR count). The highest BCUT2D eigenvalue weighted by molar-refractivity contribution is 5.98. The lowest BCUT2D eigenvalue weighted by Crippen LogP contribution is -2.20. The Morgan fingerprint density at radius 2 is 2.00 bits per heavy atom. The number of para-hydroxylation sites is 1. The minimum atomic E-state index is 0.153. The summed E-state index contributed by atoms with van der Waals surface area (Å²) in [4.78, 5) is 20.6. The Bertz CT molecular complexity index is 610. The molecule has 1 atom stereocenters. The zero-order valence-electron chi connectivity index (χ0n) is 10.8. The van der Waals surface area contributed by atoms with E-state index in [0.717, 1.165) is 17.8 Å². The van der Waals surface area contributed by atoms with Gasteiger partial charge in [-0.25, -0.2) is 9.97 Å². The van der Waals surface area contributed by atoms with Crippen molar-refractivity contribution in [2.24, 2.45) is 5.92 Å². The molecule has 1 heterocycles. The average Bonchev–Trinajstić information content (AvgIpc) is 2.39. The Morgan fingerprint density at radius 3 is 2.79 bits per heavy atom. The van der Waals surface area contributed by atoms with Crippen LogP contribution in [-0.2, 0) is 6.42 Å². The fourth-order valence-electron chi connectivity index (χ4n) is 2.35. The number of benzene rings is 1. The number of fused-ring (bicyclic) bond motifs is 1. The van der Waals surface area contributed by atoms with Crippen molar-refractivity contribution >= 4 is 17.4 Å². The molecular weight excluding hydrogens is 238 g/mol.